The van der Waals surface area contributed by atoms with Crippen LogP contribution in [0.15, 0.2) is 23.6 Å². The molecule has 1 fully saturated rings. The molecule has 0 radical (unpaired) electrons. The van der Waals surface area contributed by atoms with Crippen molar-refractivity contribution in [3.05, 3.63) is 45.7 Å². The van der Waals surface area contributed by atoms with E-state index in [1.165, 1.54) is 19.1 Å². The zero-order valence-electron chi connectivity index (χ0n) is 37.5. The molecule has 1 aliphatic heterocycles. The highest BCUT2D eigenvalue weighted by molar-refractivity contribution is 7.09. The smallest absolute Gasteiger partial charge is 0.309 e. The van der Waals surface area contributed by atoms with E-state index >= 15 is 0 Å². The molecule has 15 heteroatoms. The van der Waals surface area contributed by atoms with Gasteiger partial charge in [0.2, 0.25) is 11.8 Å². The summed E-state index contributed by atoms with van der Waals surface area (Å²) >= 11 is 1.15. The minimum atomic E-state index is -1.22. The highest BCUT2D eigenvalue weighted by Crippen LogP contribution is 2.33. The van der Waals surface area contributed by atoms with Crippen molar-refractivity contribution < 1.29 is 38.2 Å². The quantitative estimate of drug-likeness (QED) is 0.0499. The van der Waals surface area contributed by atoms with Crippen LogP contribution in [-0.2, 0) is 30.3 Å². The topological polar surface area (TPSA) is 184 Å². The first-order chi connectivity index (χ1) is 28.2. The van der Waals surface area contributed by atoms with Gasteiger partial charge in [0.25, 0.3) is 5.91 Å². The van der Waals surface area contributed by atoms with E-state index in [4.69, 9.17) is 10.5 Å². The van der Waals surface area contributed by atoms with Crippen LogP contribution in [0.2, 0.25) is 0 Å². The summed E-state index contributed by atoms with van der Waals surface area (Å²) in [5, 5.41) is 17.9. The molecule has 1 aromatic heterocycles. The van der Waals surface area contributed by atoms with E-state index in [2.05, 4.69) is 34.4 Å². The number of hydrogen-bond acceptors (Lipinski definition) is 10. The zero-order chi connectivity index (χ0) is 44.9. The summed E-state index contributed by atoms with van der Waals surface area (Å²) in [5.74, 6) is -2.93. The number of likely N-dealkylation sites (N-methyl/N-ethyl adjacent to an activating group) is 1. The van der Waals surface area contributed by atoms with Gasteiger partial charge in [0, 0.05) is 37.4 Å². The normalized spacial score (nSPS) is 18.5. The maximum absolute atomic E-state index is 14.9. The summed E-state index contributed by atoms with van der Waals surface area (Å²) in [6.07, 6.45) is 5.61. The van der Waals surface area contributed by atoms with Gasteiger partial charge in [0.05, 0.1) is 17.1 Å². The molecule has 0 saturated carbocycles. The number of nitrogen functional groups attached to an aromatic ring is 1. The number of esters is 1. The lowest BCUT2D eigenvalue weighted by molar-refractivity contribution is -0.150. The molecule has 0 bridgehead atoms. The number of unbranched alkanes of at least 4 members (excludes halogenated alkanes) is 3. The zero-order valence-corrected chi connectivity index (χ0v) is 38.3. The van der Waals surface area contributed by atoms with Crippen LogP contribution in [-0.4, -0.2) is 93.9 Å². The second kappa shape index (κ2) is 23.2. The molecule has 0 aliphatic carbocycles. The number of carboxylic acid groups (broad SMARTS) is 1. The largest absolute Gasteiger partial charge is 0.481 e. The van der Waals surface area contributed by atoms with Crippen molar-refractivity contribution in [2.45, 2.75) is 157 Å². The van der Waals surface area contributed by atoms with Crippen LogP contribution in [0.5, 0.6) is 0 Å². The summed E-state index contributed by atoms with van der Waals surface area (Å²) < 4.78 is 20.3. The molecule has 0 unspecified atom stereocenters. The van der Waals surface area contributed by atoms with Crippen LogP contribution < -0.4 is 16.4 Å². The molecule has 336 valence electrons. The highest BCUT2D eigenvalue weighted by atomic mass is 32.1. The molecule has 1 aliphatic rings. The van der Waals surface area contributed by atoms with Crippen LogP contribution >= 0.6 is 11.3 Å². The van der Waals surface area contributed by atoms with Gasteiger partial charge in [-0.25, -0.2) is 9.37 Å². The Kier molecular flexibility index (Phi) is 19.4. The number of carbonyl (C=O) groups excluding carboxylic acids is 4. The summed E-state index contributed by atoms with van der Waals surface area (Å²) in [6.45, 7) is 18.0. The number of carbonyl (C=O) groups is 5. The lowest BCUT2D eigenvalue weighted by Crippen LogP contribution is -2.59. The van der Waals surface area contributed by atoms with E-state index in [-0.39, 0.29) is 60.3 Å². The molecule has 1 aromatic carbocycles. The predicted molar refractivity (Wildman–Crippen MR) is 234 cm³/mol. The lowest BCUT2D eigenvalue weighted by Gasteiger charge is -2.40. The average Bonchev–Trinajstić information content (AvgIpc) is 3.68. The number of anilines is 1. The minimum Gasteiger partial charge on any atom is -0.481 e. The molecule has 5 N–H and O–H groups in total. The molecule has 60 heavy (non-hydrogen) atoms. The van der Waals surface area contributed by atoms with Gasteiger partial charge in [-0.3, -0.25) is 28.9 Å². The second-order valence-corrected chi connectivity index (χ2v) is 18.8. The van der Waals surface area contributed by atoms with Gasteiger partial charge in [-0.05, 0) is 95.0 Å². The number of aromatic nitrogens is 1. The van der Waals surface area contributed by atoms with Gasteiger partial charge in [0.15, 0.2) is 6.10 Å². The lowest BCUT2D eigenvalue weighted by atomic mass is 9.84. The van der Waals surface area contributed by atoms with Crippen molar-refractivity contribution in [1.29, 1.82) is 0 Å². The van der Waals surface area contributed by atoms with Crippen LogP contribution in [0.4, 0.5) is 10.1 Å². The van der Waals surface area contributed by atoms with Crippen molar-refractivity contribution in [1.82, 2.24) is 25.4 Å². The fraction of sp³-hybridized carbons (Fsp3) is 0.689. The van der Waals surface area contributed by atoms with Crippen LogP contribution in [0.3, 0.4) is 0 Å². The number of benzene rings is 1. The Hall–Kier alpha value is -4.11. The molecule has 3 rings (SSSR count). The molecule has 2 aromatic rings. The Morgan fingerprint density at radius 1 is 1.12 bits per heavy atom. The number of piperidine rings is 1. The SMILES string of the molecule is CCCCCCN(C(=O)[C@@H](NC(=O)[C@H]1C[C@H](C)CCN1C)[C@@H](C)CC)[C@H](C[C@@H](OC(C)=O)c1nc(C(=O)N[C@@H](Cc2ccc(N)c(F)c2)CC(C)(C)C(=O)O)cs1)C(C)C. The molecule has 1 saturated heterocycles. The third-order valence-electron chi connectivity index (χ3n) is 11.9. The number of nitrogens with zero attached hydrogens (tertiary/aromatic N) is 3. The first-order valence-electron chi connectivity index (χ1n) is 21.7. The van der Waals surface area contributed by atoms with Crippen molar-refractivity contribution in [2.75, 3.05) is 25.9 Å². The molecule has 2 heterocycles. The predicted octanol–water partition coefficient (Wildman–Crippen LogP) is 7.40. The van der Waals surface area contributed by atoms with Crippen LogP contribution in [0.1, 0.15) is 147 Å². The van der Waals surface area contributed by atoms with Gasteiger partial charge in [0.1, 0.15) is 22.6 Å². The third-order valence-corrected chi connectivity index (χ3v) is 12.9. The summed E-state index contributed by atoms with van der Waals surface area (Å²) in [4.78, 5) is 75.9. The van der Waals surface area contributed by atoms with E-state index < -0.39 is 53.3 Å². The number of halogens is 1. The van der Waals surface area contributed by atoms with Gasteiger partial charge >= 0.3 is 11.9 Å². The number of likely N-dealkylation sites (tertiary alicyclic amines) is 1. The summed E-state index contributed by atoms with van der Waals surface area (Å²) in [6, 6.07) is 2.12. The molecule has 7 atom stereocenters. The number of rotatable bonds is 23. The van der Waals surface area contributed by atoms with Crippen molar-refractivity contribution in [2.24, 2.45) is 23.2 Å². The minimum absolute atomic E-state index is 0.0225. The first kappa shape index (κ1) is 50.2. The van der Waals surface area contributed by atoms with E-state index in [1.54, 1.807) is 25.3 Å². The number of thiazole rings is 1. The molecule has 13 nitrogen and oxygen atoms in total. The number of aliphatic carboxylic acids is 1. The van der Waals surface area contributed by atoms with E-state index in [0.717, 1.165) is 56.4 Å². The monoisotopic (exact) mass is 859 g/mol. The Balaban J connectivity index is 1.95. The summed E-state index contributed by atoms with van der Waals surface area (Å²) in [7, 11) is 1.95. The third kappa shape index (κ3) is 14.5. The Bertz CT molecular complexity index is 1750. The Labute approximate surface area is 360 Å². The fourth-order valence-electron chi connectivity index (χ4n) is 7.86. The molecular weight excluding hydrogens is 788 g/mol. The highest BCUT2D eigenvalue weighted by Gasteiger charge is 2.39. The van der Waals surface area contributed by atoms with Gasteiger partial charge in [-0.2, -0.15) is 0 Å². The number of nitrogens with one attached hydrogen (secondary N) is 2. The fourth-order valence-corrected chi connectivity index (χ4v) is 8.70. The van der Waals surface area contributed by atoms with Crippen molar-refractivity contribution in [3.63, 3.8) is 0 Å². The second-order valence-electron chi connectivity index (χ2n) is 17.9. The number of nitrogens with two attached hydrogens (primary N) is 1. The molecule has 0 spiro atoms. The van der Waals surface area contributed by atoms with E-state index in [0.29, 0.717) is 29.5 Å². The first-order valence-corrected chi connectivity index (χ1v) is 22.6. The van der Waals surface area contributed by atoms with Gasteiger partial charge in [-0.1, -0.05) is 73.3 Å². The average molecular weight is 859 g/mol. The van der Waals surface area contributed by atoms with E-state index in [9.17, 15) is 33.5 Å². The van der Waals surface area contributed by atoms with Crippen molar-refractivity contribution >= 4 is 46.7 Å². The van der Waals surface area contributed by atoms with Gasteiger partial charge in [-0.15, -0.1) is 11.3 Å². The van der Waals surface area contributed by atoms with Gasteiger partial charge < -0.3 is 31.1 Å². The standard InChI is InChI=1S/C45H71FN6O7S/c1-11-13-14-15-19-52(43(56)39(29(6)12-2)50-41(55)37-21-28(5)18-20-51(37)10)36(27(3)4)24-38(59-30(7)53)42-49-35(26-60-42)40(54)48-32(25-45(8,9)44(57)58)22-31-16-17-34(47)33(46)23-31/h16-17,23,26-29,32,36-39H,11-15,18-22,24-25,47H2,1-10H3,(H,48,54)(H,50,55)(H,57,58)/t28-,29+,32+,36-,37-,38-,39+/m1/s1. The number of amides is 3. The van der Waals surface area contributed by atoms with Crippen LogP contribution in [0.25, 0.3) is 0 Å². The maximum Gasteiger partial charge on any atom is 0.309 e. The number of ether oxygens (including phenoxy) is 1. The molecular formula is C45H71FN6O7S. The Morgan fingerprint density at radius 2 is 1.82 bits per heavy atom. The Morgan fingerprint density at radius 3 is 2.42 bits per heavy atom. The maximum atomic E-state index is 14.9. The van der Waals surface area contributed by atoms with Crippen LogP contribution in [0, 0.1) is 29.0 Å². The summed E-state index contributed by atoms with van der Waals surface area (Å²) in [5.41, 5.74) is 5.00. The van der Waals surface area contributed by atoms with Crippen molar-refractivity contribution in [3.8, 4) is 0 Å². The van der Waals surface area contributed by atoms with E-state index in [1.807, 2.05) is 39.6 Å². The number of carboxylic acids is 1. The number of hydrogen-bond donors (Lipinski definition) is 4. The molecule has 3 amide bonds.